The summed E-state index contributed by atoms with van der Waals surface area (Å²) in [6.45, 7) is 1.45. The van der Waals surface area contributed by atoms with Crippen molar-refractivity contribution in [3.8, 4) is 11.3 Å². The molecule has 3 N–H and O–H groups in total. The van der Waals surface area contributed by atoms with E-state index in [-0.39, 0.29) is 5.91 Å². The number of rotatable bonds is 4. The first-order valence-electron chi connectivity index (χ1n) is 10.2. The summed E-state index contributed by atoms with van der Waals surface area (Å²) in [6.07, 6.45) is 2.75. The maximum atomic E-state index is 12.8. The van der Waals surface area contributed by atoms with E-state index in [1.807, 2.05) is 42.6 Å². The van der Waals surface area contributed by atoms with Gasteiger partial charge in [-0.1, -0.05) is 11.6 Å². The molecule has 0 saturated carbocycles. The lowest BCUT2D eigenvalue weighted by Crippen LogP contribution is -2.42. The molecule has 0 bridgehead atoms. The fourth-order valence-corrected chi connectivity index (χ4v) is 4.93. The predicted octanol–water partition coefficient (Wildman–Crippen LogP) is 4.51. The Kier molecular flexibility index (Phi) is 5.65. The summed E-state index contributed by atoms with van der Waals surface area (Å²) in [5.41, 5.74) is 5.20. The predicted molar refractivity (Wildman–Crippen MR) is 129 cm³/mol. The molecule has 0 aliphatic carbocycles. The molecular weight excluding hydrogens is 446 g/mol. The van der Waals surface area contributed by atoms with E-state index in [0.29, 0.717) is 22.8 Å². The van der Waals surface area contributed by atoms with Crippen molar-refractivity contribution in [1.29, 1.82) is 0 Å². The van der Waals surface area contributed by atoms with Crippen LogP contribution >= 0.6 is 11.6 Å². The number of benzene rings is 2. The van der Waals surface area contributed by atoms with E-state index in [1.54, 1.807) is 28.6 Å². The average Bonchev–Trinajstić information content (AvgIpc) is 3.29. The van der Waals surface area contributed by atoms with E-state index in [2.05, 4.69) is 20.0 Å². The number of aromatic amines is 1. The number of nitrogens with one attached hydrogen (secondary N) is 3. The molecule has 1 amide bonds. The van der Waals surface area contributed by atoms with Crippen molar-refractivity contribution in [2.45, 2.75) is 6.42 Å². The highest BCUT2D eigenvalue weighted by atomic mass is 35.5. The smallest absolute Gasteiger partial charge is 0.255 e. The number of H-pyrrole nitrogens is 1. The van der Waals surface area contributed by atoms with Crippen molar-refractivity contribution in [2.75, 3.05) is 22.7 Å². The minimum atomic E-state index is -1.24. The molecule has 2 aromatic heterocycles. The number of nitrogens with zero attached hydrogens (tertiary/aromatic N) is 2. The molecule has 4 aromatic rings. The highest BCUT2D eigenvalue weighted by molar-refractivity contribution is 7.84. The molecule has 0 radical (unpaired) electrons. The number of amides is 1. The summed E-state index contributed by atoms with van der Waals surface area (Å²) >= 11 is 5.17. The standard InChI is InChI=1S/C23H20ClN5O2S/c24-19-7-4-16(14-18(19)20-8-9-21-22(28-20)10-12-25-21)27-23(30)15-2-5-17(6-3-15)29-13-1-11-26-32(29)31/h2-10,12,14,25-26H,1,11,13H2,(H,27,30). The molecular formula is C23H20ClN5O2S. The molecule has 162 valence electrons. The highest BCUT2D eigenvalue weighted by Gasteiger charge is 2.18. The number of anilines is 2. The Morgan fingerprint density at radius 2 is 1.94 bits per heavy atom. The van der Waals surface area contributed by atoms with Gasteiger partial charge in [0.1, 0.15) is 0 Å². The van der Waals surface area contributed by atoms with Crippen LogP contribution in [0.15, 0.2) is 66.9 Å². The van der Waals surface area contributed by atoms with E-state index in [9.17, 15) is 9.00 Å². The number of hydrogen-bond acceptors (Lipinski definition) is 3. The van der Waals surface area contributed by atoms with Crippen molar-refractivity contribution in [3.63, 3.8) is 0 Å². The third-order valence-corrected chi connectivity index (χ3v) is 6.86. The van der Waals surface area contributed by atoms with Gasteiger partial charge in [-0.25, -0.2) is 13.9 Å². The number of hydrogen-bond donors (Lipinski definition) is 3. The van der Waals surface area contributed by atoms with Crippen LogP contribution in [0.1, 0.15) is 16.8 Å². The third-order valence-electron chi connectivity index (χ3n) is 5.29. The zero-order chi connectivity index (χ0) is 22.1. The molecule has 1 saturated heterocycles. The number of aromatic nitrogens is 2. The summed E-state index contributed by atoms with van der Waals surface area (Å²) in [7, 11) is 0. The average molecular weight is 466 g/mol. The van der Waals surface area contributed by atoms with E-state index < -0.39 is 11.2 Å². The molecule has 7 nitrogen and oxygen atoms in total. The van der Waals surface area contributed by atoms with Gasteiger partial charge in [0.2, 0.25) is 0 Å². The number of carbonyl (C=O) groups excluding carboxylic acids is 1. The van der Waals surface area contributed by atoms with Crippen LogP contribution in [0.2, 0.25) is 5.02 Å². The fourth-order valence-electron chi connectivity index (χ4n) is 3.63. The number of pyridine rings is 1. The lowest BCUT2D eigenvalue weighted by molar-refractivity contribution is 0.102. The minimum absolute atomic E-state index is 0.239. The molecule has 9 heteroatoms. The molecule has 5 rings (SSSR count). The molecule has 0 spiro atoms. The van der Waals surface area contributed by atoms with Crippen molar-refractivity contribution < 1.29 is 9.00 Å². The van der Waals surface area contributed by atoms with Gasteiger partial charge in [-0.2, -0.15) is 0 Å². The minimum Gasteiger partial charge on any atom is -0.360 e. The van der Waals surface area contributed by atoms with Crippen LogP contribution in [0.5, 0.6) is 0 Å². The summed E-state index contributed by atoms with van der Waals surface area (Å²) < 4.78 is 16.8. The summed E-state index contributed by atoms with van der Waals surface area (Å²) in [5, 5.41) is 3.47. The third kappa shape index (κ3) is 4.12. The quantitative estimate of drug-likeness (QED) is 0.414. The van der Waals surface area contributed by atoms with Crippen LogP contribution < -0.4 is 14.3 Å². The monoisotopic (exact) mass is 465 g/mol. The maximum absolute atomic E-state index is 12.8. The topological polar surface area (TPSA) is 90.1 Å². The zero-order valence-electron chi connectivity index (χ0n) is 17.0. The Balaban J connectivity index is 1.35. The first kappa shape index (κ1) is 20.7. The zero-order valence-corrected chi connectivity index (χ0v) is 18.5. The Labute approximate surface area is 192 Å². The molecule has 1 fully saturated rings. The molecule has 1 atom stereocenters. The summed E-state index contributed by atoms with van der Waals surface area (Å²) in [6, 6.07) is 18.1. The highest BCUT2D eigenvalue weighted by Crippen LogP contribution is 2.31. The molecule has 1 unspecified atom stereocenters. The molecule has 1 aliphatic heterocycles. The van der Waals surface area contributed by atoms with Gasteiger partial charge in [0.05, 0.1) is 27.4 Å². The van der Waals surface area contributed by atoms with Crippen molar-refractivity contribution in [2.24, 2.45) is 0 Å². The van der Waals surface area contributed by atoms with Gasteiger partial charge < -0.3 is 10.3 Å². The number of fused-ring (bicyclic) bond motifs is 1. The van der Waals surface area contributed by atoms with Crippen LogP contribution in [-0.4, -0.2) is 33.2 Å². The number of halogens is 1. The van der Waals surface area contributed by atoms with Gasteiger partial charge in [0.25, 0.3) is 5.91 Å². The lowest BCUT2D eigenvalue weighted by Gasteiger charge is -2.27. The number of carbonyl (C=O) groups is 1. The lowest BCUT2D eigenvalue weighted by atomic mass is 10.1. The second-order valence-electron chi connectivity index (χ2n) is 7.40. The largest absolute Gasteiger partial charge is 0.360 e. The molecule has 32 heavy (non-hydrogen) atoms. The fraction of sp³-hybridized carbons (Fsp3) is 0.130. The molecule has 2 aromatic carbocycles. The van der Waals surface area contributed by atoms with Crippen molar-refractivity contribution >= 4 is 51.1 Å². The normalized spacial score (nSPS) is 16.3. The SMILES string of the molecule is O=C(Nc1ccc(Cl)c(-c2ccc3[nH]ccc3n2)c1)c1ccc(N2CCCNS2=O)cc1. The van der Waals surface area contributed by atoms with E-state index in [4.69, 9.17) is 11.6 Å². The van der Waals surface area contributed by atoms with Crippen LogP contribution in [0.3, 0.4) is 0 Å². The van der Waals surface area contributed by atoms with Gasteiger partial charge in [0.15, 0.2) is 11.2 Å². The summed E-state index contributed by atoms with van der Waals surface area (Å²) in [5.74, 6) is -0.239. The Morgan fingerprint density at radius 3 is 2.75 bits per heavy atom. The summed E-state index contributed by atoms with van der Waals surface area (Å²) in [4.78, 5) is 20.6. The van der Waals surface area contributed by atoms with Crippen LogP contribution in [0.25, 0.3) is 22.3 Å². The van der Waals surface area contributed by atoms with Crippen LogP contribution in [0.4, 0.5) is 11.4 Å². The van der Waals surface area contributed by atoms with Gasteiger partial charge in [-0.15, -0.1) is 0 Å². The second-order valence-corrected chi connectivity index (χ2v) is 9.04. The van der Waals surface area contributed by atoms with Gasteiger partial charge in [0, 0.05) is 36.1 Å². The van der Waals surface area contributed by atoms with E-state index in [0.717, 1.165) is 40.9 Å². The Morgan fingerprint density at radius 1 is 1.09 bits per heavy atom. The van der Waals surface area contributed by atoms with Crippen LogP contribution in [0, 0.1) is 0 Å². The van der Waals surface area contributed by atoms with E-state index >= 15 is 0 Å². The van der Waals surface area contributed by atoms with Gasteiger partial charge >= 0.3 is 0 Å². The van der Waals surface area contributed by atoms with Crippen molar-refractivity contribution in [1.82, 2.24) is 14.7 Å². The van der Waals surface area contributed by atoms with Gasteiger partial charge in [-0.05, 0) is 67.1 Å². The van der Waals surface area contributed by atoms with E-state index in [1.165, 1.54) is 0 Å². The Bertz CT molecular complexity index is 1320. The Hall–Kier alpha value is -3.20. The molecule has 3 heterocycles. The van der Waals surface area contributed by atoms with Crippen LogP contribution in [-0.2, 0) is 11.2 Å². The maximum Gasteiger partial charge on any atom is 0.255 e. The van der Waals surface area contributed by atoms with Gasteiger partial charge in [-0.3, -0.25) is 9.10 Å². The first-order chi connectivity index (χ1) is 15.6. The molecule has 1 aliphatic rings. The first-order valence-corrected chi connectivity index (χ1v) is 11.7. The second kappa shape index (κ2) is 8.74. The van der Waals surface area contributed by atoms with Crippen molar-refractivity contribution in [3.05, 3.63) is 77.4 Å².